The molecule has 0 heteroatoms. The molecule has 0 atom stereocenters. The Kier molecular flexibility index (Phi) is 11.4. The van der Waals surface area contributed by atoms with Gasteiger partial charge in [0.25, 0.3) is 0 Å². The first-order valence-corrected chi connectivity index (χ1v) is 7.22. The van der Waals surface area contributed by atoms with Gasteiger partial charge in [0.1, 0.15) is 0 Å². The maximum atomic E-state index is 2.17. The van der Waals surface area contributed by atoms with E-state index in [0.717, 1.165) is 6.42 Å². The van der Waals surface area contributed by atoms with Gasteiger partial charge in [-0.25, -0.2) is 0 Å². The Morgan fingerprint density at radius 1 is 0.842 bits per heavy atom. The van der Waals surface area contributed by atoms with Crippen molar-refractivity contribution in [2.75, 3.05) is 0 Å². The second-order valence-electron chi connectivity index (χ2n) is 3.48. The molecule has 1 aliphatic rings. The van der Waals surface area contributed by atoms with E-state index in [9.17, 15) is 0 Å². The molecule has 19 heavy (non-hydrogen) atoms. The third-order valence-electron chi connectivity index (χ3n) is 2.28. The molecule has 0 unspecified atom stereocenters. The molecule has 0 nitrogen and oxygen atoms in total. The molecule has 1 aliphatic carbocycles. The van der Waals surface area contributed by atoms with Crippen molar-refractivity contribution in [3.8, 4) is 0 Å². The summed E-state index contributed by atoms with van der Waals surface area (Å²) in [6.45, 7) is 8.00. The molecule has 1 aromatic rings. The van der Waals surface area contributed by atoms with E-state index in [1.54, 1.807) is 0 Å². The van der Waals surface area contributed by atoms with Crippen LogP contribution in [-0.4, -0.2) is 0 Å². The van der Waals surface area contributed by atoms with Gasteiger partial charge < -0.3 is 0 Å². The predicted octanol–water partition coefficient (Wildman–Crippen LogP) is 6.19. The molecule has 0 saturated heterocycles. The monoisotopic (exact) mass is 254 g/mol. The van der Waals surface area contributed by atoms with Crippen LogP contribution in [0.5, 0.6) is 0 Å². The fraction of sp³-hybridized carbons (Fsp3) is 0.263. The third-order valence-corrected chi connectivity index (χ3v) is 2.28. The predicted molar refractivity (Wildman–Crippen MR) is 89.2 cm³/mol. The van der Waals surface area contributed by atoms with Gasteiger partial charge in [-0.1, -0.05) is 101 Å². The molecule has 0 saturated carbocycles. The van der Waals surface area contributed by atoms with Gasteiger partial charge in [0.2, 0.25) is 0 Å². The lowest BCUT2D eigenvalue weighted by molar-refractivity contribution is 1.40. The van der Waals surface area contributed by atoms with Crippen LogP contribution in [0.4, 0.5) is 0 Å². The maximum absolute atomic E-state index is 2.17. The van der Waals surface area contributed by atoms with Gasteiger partial charge in [0, 0.05) is 0 Å². The highest BCUT2D eigenvalue weighted by Gasteiger charge is 1.88. The van der Waals surface area contributed by atoms with Crippen LogP contribution < -0.4 is 0 Å². The average Bonchev–Trinajstić information content (AvgIpc) is 2.79. The van der Waals surface area contributed by atoms with Gasteiger partial charge in [-0.05, 0) is 17.6 Å². The lowest BCUT2D eigenvalue weighted by Gasteiger charge is -1.92. The van der Waals surface area contributed by atoms with Crippen molar-refractivity contribution in [3.63, 3.8) is 0 Å². The summed E-state index contributed by atoms with van der Waals surface area (Å²) in [5.41, 5.74) is 2.48. The number of allylic oxidation sites excluding steroid dienone is 7. The van der Waals surface area contributed by atoms with Gasteiger partial charge in [0.15, 0.2) is 0 Å². The molecule has 0 amide bonds. The van der Waals surface area contributed by atoms with Crippen molar-refractivity contribution in [2.24, 2.45) is 0 Å². The van der Waals surface area contributed by atoms with Crippen LogP contribution in [0.1, 0.15) is 39.7 Å². The van der Waals surface area contributed by atoms with E-state index < -0.39 is 0 Å². The first kappa shape index (κ1) is 17.2. The van der Waals surface area contributed by atoms with Gasteiger partial charge in [-0.15, -0.1) is 0 Å². The van der Waals surface area contributed by atoms with Crippen molar-refractivity contribution < 1.29 is 0 Å². The second-order valence-corrected chi connectivity index (χ2v) is 3.48. The molecular weight excluding hydrogens is 228 g/mol. The lowest BCUT2D eigenvalue weighted by atomic mass is 10.1. The van der Waals surface area contributed by atoms with E-state index in [2.05, 4.69) is 66.8 Å². The van der Waals surface area contributed by atoms with Gasteiger partial charge in [-0.3, -0.25) is 0 Å². The summed E-state index contributed by atoms with van der Waals surface area (Å²) in [6, 6.07) is 10.3. The van der Waals surface area contributed by atoms with Gasteiger partial charge in [0.05, 0.1) is 0 Å². The minimum atomic E-state index is 1.03. The first-order chi connectivity index (χ1) is 9.45. The molecule has 0 aliphatic heterocycles. The summed E-state index contributed by atoms with van der Waals surface area (Å²) in [6.07, 6.45) is 16.0. The minimum absolute atomic E-state index is 1.03. The molecule has 0 radical (unpaired) electrons. The number of hydrogen-bond donors (Lipinski definition) is 0. The van der Waals surface area contributed by atoms with Crippen molar-refractivity contribution in [3.05, 3.63) is 77.9 Å². The van der Waals surface area contributed by atoms with E-state index in [1.165, 1.54) is 11.1 Å². The summed E-state index contributed by atoms with van der Waals surface area (Å²) in [5.74, 6) is 0. The normalized spacial score (nSPS) is 12.7. The maximum Gasteiger partial charge on any atom is -0.0163 e. The zero-order valence-corrected chi connectivity index (χ0v) is 12.6. The van der Waals surface area contributed by atoms with Crippen LogP contribution in [0, 0.1) is 0 Å². The number of hydrogen-bond acceptors (Lipinski definition) is 0. The standard InChI is InChI=1S/C15H14.2C2H6/c1-2-5-9-14(8-4-1)12-13-15-10-6-3-7-11-15;2*1-2/h1,3-13H,2H2;2*1-2H3/b13-12+;;. The van der Waals surface area contributed by atoms with E-state index in [-0.39, 0.29) is 0 Å². The summed E-state index contributed by atoms with van der Waals surface area (Å²) in [7, 11) is 0. The third kappa shape index (κ3) is 7.99. The Labute approximate surface area is 118 Å². The van der Waals surface area contributed by atoms with Crippen molar-refractivity contribution in [2.45, 2.75) is 34.1 Å². The summed E-state index contributed by atoms with van der Waals surface area (Å²) in [5, 5.41) is 0. The average molecular weight is 254 g/mol. The Balaban J connectivity index is 0.000000741. The molecule has 0 fully saturated rings. The Hall–Kier alpha value is -1.82. The molecule has 0 bridgehead atoms. The summed E-state index contributed by atoms with van der Waals surface area (Å²) < 4.78 is 0. The molecule has 102 valence electrons. The first-order valence-electron chi connectivity index (χ1n) is 7.22. The number of benzene rings is 1. The van der Waals surface area contributed by atoms with Crippen molar-refractivity contribution in [1.82, 2.24) is 0 Å². The highest BCUT2D eigenvalue weighted by molar-refractivity contribution is 5.55. The molecule has 0 aromatic heterocycles. The van der Waals surface area contributed by atoms with Crippen LogP contribution in [0.3, 0.4) is 0 Å². The zero-order valence-electron chi connectivity index (χ0n) is 12.6. The fourth-order valence-corrected chi connectivity index (χ4v) is 1.46. The van der Waals surface area contributed by atoms with Crippen LogP contribution in [0.25, 0.3) is 6.08 Å². The highest BCUT2D eigenvalue weighted by Crippen LogP contribution is 2.09. The Bertz CT molecular complexity index is 417. The topological polar surface area (TPSA) is 0 Å². The van der Waals surface area contributed by atoms with Gasteiger partial charge >= 0.3 is 0 Å². The zero-order chi connectivity index (χ0) is 14.3. The second kappa shape index (κ2) is 12.6. The van der Waals surface area contributed by atoms with E-state index in [4.69, 9.17) is 0 Å². The minimum Gasteiger partial charge on any atom is -0.0807 e. The van der Waals surface area contributed by atoms with Crippen LogP contribution in [0.2, 0.25) is 0 Å². The van der Waals surface area contributed by atoms with Crippen LogP contribution in [0.15, 0.2) is 72.4 Å². The molecule has 0 spiro atoms. The van der Waals surface area contributed by atoms with Gasteiger partial charge in [-0.2, -0.15) is 0 Å². The van der Waals surface area contributed by atoms with Crippen LogP contribution in [-0.2, 0) is 0 Å². The Morgan fingerprint density at radius 3 is 2.21 bits per heavy atom. The molecular formula is C19H26. The smallest absolute Gasteiger partial charge is 0.0163 e. The van der Waals surface area contributed by atoms with E-state index in [1.807, 2.05) is 33.8 Å². The molecule has 0 N–H and O–H groups in total. The summed E-state index contributed by atoms with van der Waals surface area (Å²) >= 11 is 0. The van der Waals surface area contributed by atoms with Crippen molar-refractivity contribution in [1.29, 1.82) is 0 Å². The van der Waals surface area contributed by atoms with Crippen LogP contribution >= 0.6 is 0 Å². The van der Waals surface area contributed by atoms with E-state index in [0.29, 0.717) is 0 Å². The van der Waals surface area contributed by atoms with Crippen molar-refractivity contribution >= 4 is 6.08 Å². The fourth-order valence-electron chi connectivity index (χ4n) is 1.46. The lowest BCUT2D eigenvalue weighted by Crippen LogP contribution is -1.71. The van der Waals surface area contributed by atoms with E-state index >= 15 is 0 Å². The summed E-state index contributed by atoms with van der Waals surface area (Å²) in [4.78, 5) is 0. The number of rotatable bonds is 2. The molecule has 2 rings (SSSR count). The SMILES string of the molecule is C1=CCC=CC(/C=C/c2ccccc2)=C1.CC.CC. The molecule has 1 aromatic carbocycles. The quantitative estimate of drug-likeness (QED) is 0.590. The largest absolute Gasteiger partial charge is 0.0807 e. The Morgan fingerprint density at radius 2 is 1.53 bits per heavy atom. The highest BCUT2D eigenvalue weighted by atomic mass is 13.9. The molecule has 0 heterocycles.